The number of fused-ring (bicyclic) bond motifs is 1. The van der Waals surface area contributed by atoms with Crippen LogP contribution in [0.5, 0.6) is 0 Å². The summed E-state index contributed by atoms with van der Waals surface area (Å²) in [6, 6.07) is 1.31. The number of carbonyl (C=O) groups is 2. The van der Waals surface area contributed by atoms with Crippen LogP contribution in [-0.2, 0) is 4.74 Å². The summed E-state index contributed by atoms with van der Waals surface area (Å²) in [4.78, 5) is 31.4. The minimum Gasteiger partial charge on any atom is -0.436 e. The van der Waals surface area contributed by atoms with Crippen molar-refractivity contribution in [2.45, 2.75) is 88.9 Å². The van der Waals surface area contributed by atoms with Crippen LogP contribution in [0.4, 0.5) is 9.59 Å². The molecule has 4 fully saturated rings. The van der Waals surface area contributed by atoms with E-state index in [-0.39, 0.29) is 24.3 Å². The van der Waals surface area contributed by atoms with E-state index < -0.39 is 0 Å². The Morgan fingerprint density at radius 2 is 1.83 bits per heavy atom. The van der Waals surface area contributed by atoms with Gasteiger partial charge in [-0.15, -0.1) is 5.92 Å². The highest BCUT2D eigenvalue weighted by atomic mass is 16.6. The van der Waals surface area contributed by atoms with Crippen molar-refractivity contribution in [1.29, 1.82) is 0 Å². The first-order chi connectivity index (χ1) is 14.5. The number of piperidine rings is 2. The third-order valence-corrected chi connectivity index (χ3v) is 7.79. The quantitative estimate of drug-likeness (QED) is 0.719. The van der Waals surface area contributed by atoms with Gasteiger partial charge in [0.2, 0.25) is 0 Å². The van der Waals surface area contributed by atoms with E-state index in [1.165, 1.54) is 12.8 Å². The molecule has 7 nitrogen and oxygen atoms in total. The second-order valence-electron chi connectivity index (χ2n) is 9.50. The number of ether oxygens (including phenoxy) is 1. The van der Waals surface area contributed by atoms with Gasteiger partial charge in [-0.3, -0.25) is 4.90 Å². The molecule has 0 aromatic carbocycles. The number of rotatable bonds is 3. The normalized spacial score (nSPS) is 29.6. The fourth-order valence-corrected chi connectivity index (χ4v) is 5.87. The Balaban J connectivity index is 1.27. The molecule has 30 heavy (non-hydrogen) atoms. The fraction of sp³-hybridized carbons (Fsp3) is 0.826. The predicted octanol–water partition coefficient (Wildman–Crippen LogP) is 2.80. The van der Waals surface area contributed by atoms with Crippen molar-refractivity contribution in [3.8, 4) is 11.8 Å². The molecule has 0 bridgehead atoms. The van der Waals surface area contributed by atoms with Gasteiger partial charge in [-0.2, -0.15) is 0 Å². The lowest BCUT2D eigenvalue weighted by Crippen LogP contribution is -2.58. The molecule has 0 radical (unpaired) electrons. The molecule has 3 heterocycles. The maximum atomic E-state index is 12.6. The summed E-state index contributed by atoms with van der Waals surface area (Å²) in [5, 5.41) is 3.23. The first-order valence-electron chi connectivity index (χ1n) is 11.7. The van der Waals surface area contributed by atoms with Crippen molar-refractivity contribution in [2.75, 3.05) is 32.8 Å². The Morgan fingerprint density at radius 1 is 1.13 bits per heavy atom. The van der Waals surface area contributed by atoms with E-state index in [1.54, 1.807) is 6.92 Å². The van der Waals surface area contributed by atoms with Crippen LogP contribution in [0.1, 0.15) is 65.2 Å². The van der Waals surface area contributed by atoms with Crippen molar-refractivity contribution < 1.29 is 14.3 Å². The summed E-state index contributed by atoms with van der Waals surface area (Å²) in [7, 11) is 0. The first kappa shape index (κ1) is 21.3. The average Bonchev–Trinajstić information content (AvgIpc) is 3.10. The molecule has 4 rings (SSSR count). The number of carbonyl (C=O) groups excluding carboxylic acids is 2. The zero-order chi connectivity index (χ0) is 21.1. The topological polar surface area (TPSA) is 65.1 Å². The molecule has 0 spiro atoms. The van der Waals surface area contributed by atoms with Crippen molar-refractivity contribution >= 4 is 12.1 Å². The standard InChI is InChI=1S/C23H36N4O3/c1-3-4-17-30-22(29)25-15-11-23(2,12-16-25)26-13-9-18(10-14-26)27-20-8-6-5-7-19(20)24-21(27)28/h18-20H,5-17H2,1-2H3,(H,24,28)/t19-,20-/m0/s1. The van der Waals surface area contributed by atoms with Crippen molar-refractivity contribution in [2.24, 2.45) is 0 Å². The molecule has 166 valence electrons. The molecule has 1 aliphatic carbocycles. The molecule has 3 aliphatic heterocycles. The van der Waals surface area contributed by atoms with Crippen LogP contribution >= 0.6 is 0 Å². The van der Waals surface area contributed by atoms with E-state index in [0.717, 1.165) is 64.7 Å². The highest BCUT2D eigenvalue weighted by Crippen LogP contribution is 2.35. The molecule has 1 N–H and O–H groups in total. The fourth-order valence-electron chi connectivity index (χ4n) is 5.87. The van der Waals surface area contributed by atoms with Crippen LogP contribution in [0.25, 0.3) is 0 Å². The van der Waals surface area contributed by atoms with Crippen LogP contribution in [-0.4, -0.2) is 83.3 Å². The number of hydrogen-bond acceptors (Lipinski definition) is 4. The van der Waals surface area contributed by atoms with Gasteiger partial charge < -0.3 is 19.9 Å². The highest BCUT2D eigenvalue weighted by Gasteiger charge is 2.46. The Morgan fingerprint density at radius 3 is 2.53 bits per heavy atom. The van der Waals surface area contributed by atoms with Gasteiger partial charge in [-0.25, -0.2) is 9.59 Å². The van der Waals surface area contributed by atoms with Crippen LogP contribution in [0, 0.1) is 11.8 Å². The van der Waals surface area contributed by atoms with E-state index in [2.05, 4.69) is 33.9 Å². The Bertz CT molecular complexity index is 699. The van der Waals surface area contributed by atoms with Crippen molar-refractivity contribution in [1.82, 2.24) is 20.0 Å². The number of nitrogens with one attached hydrogen (secondary N) is 1. The van der Waals surface area contributed by atoms with Crippen LogP contribution in [0.3, 0.4) is 0 Å². The van der Waals surface area contributed by atoms with Gasteiger partial charge >= 0.3 is 12.1 Å². The number of amides is 3. The third kappa shape index (κ3) is 4.25. The van der Waals surface area contributed by atoms with Gasteiger partial charge in [-0.1, -0.05) is 18.8 Å². The van der Waals surface area contributed by atoms with E-state index in [1.807, 2.05) is 4.90 Å². The van der Waals surface area contributed by atoms with Gasteiger partial charge in [0.05, 0.1) is 12.1 Å². The molecule has 1 saturated carbocycles. The molecule has 2 atom stereocenters. The van der Waals surface area contributed by atoms with Crippen LogP contribution in [0.15, 0.2) is 0 Å². The van der Waals surface area contributed by atoms with Gasteiger partial charge in [0, 0.05) is 37.8 Å². The lowest BCUT2D eigenvalue weighted by molar-refractivity contribution is 0.00186. The number of likely N-dealkylation sites (tertiary alicyclic amines) is 2. The molecule has 0 aromatic rings. The smallest absolute Gasteiger partial charge is 0.410 e. The maximum absolute atomic E-state index is 12.6. The molecular formula is C23H36N4O3. The lowest BCUT2D eigenvalue weighted by atomic mass is 9.85. The van der Waals surface area contributed by atoms with Gasteiger partial charge in [0.15, 0.2) is 6.61 Å². The molecular weight excluding hydrogens is 380 g/mol. The lowest BCUT2D eigenvalue weighted by Gasteiger charge is -2.50. The molecule has 0 unspecified atom stereocenters. The Hall–Kier alpha value is -1.94. The predicted molar refractivity (Wildman–Crippen MR) is 115 cm³/mol. The van der Waals surface area contributed by atoms with Gasteiger partial charge in [0.25, 0.3) is 0 Å². The zero-order valence-electron chi connectivity index (χ0n) is 18.5. The number of nitrogens with zero attached hydrogens (tertiary/aromatic N) is 3. The molecule has 4 aliphatic rings. The number of hydrogen-bond donors (Lipinski definition) is 1. The summed E-state index contributed by atoms with van der Waals surface area (Å²) in [6.07, 6.45) is 8.53. The molecule has 3 saturated heterocycles. The number of urea groups is 1. The minimum atomic E-state index is -0.249. The largest absolute Gasteiger partial charge is 0.436 e. The monoisotopic (exact) mass is 416 g/mol. The third-order valence-electron chi connectivity index (χ3n) is 7.79. The van der Waals surface area contributed by atoms with Crippen molar-refractivity contribution in [3.63, 3.8) is 0 Å². The summed E-state index contributed by atoms with van der Waals surface area (Å²) in [5.74, 6) is 5.52. The summed E-state index contributed by atoms with van der Waals surface area (Å²) in [6.45, 7) is 7.76. The van der Waals surface area contributed by atoms with Gasteiger partial charge in [-0.05, 0) is 52.4 Å². The maximum Gasteiger partial charge on any atom is 0.410 e. The Kier molecular flexibility index (Phi) is 6.43. The Labute approximate surface area is 180 Å². The first-order valence-corrected chi connectivity index (χ1v) is 11.7. The van der Waals surface area contributed by atoms with Crippen LogP contribution < -0.4 is 5.32 Å². The molecule has 3 amide bonds. The summed E-state index contributed by atoms with van der Waals surface area (Å²) < 4.78 is 5.22. The van der Waals surface area contributed by atoms with E-state index >= 15 is 0 Å². The summed E-state index contributed by atoms with van der Waals surface area (Å²) >= 11 is 0. The second-order valence-corrected chi connectivity index (χ2v) is 9.50. The molecule has 7 heteroatoms. The summed E-state index contributed by atoms with van der Waals surface area (Å²) in [5.41, 5.74) is 0.117. The molecule has 0 aromatic heterocycles. The van der Waals surface area contributed by atoms with E-state index in [9.17, 15) is 9.59 Å². The SMILES string of the molecule is CC#CCOC(=O)N1CCC(C)(N2CCC(N3C(=O)N[C@H]4CCCC[C@@H]43)CC2)CC1. The highest BCUT2D eigenvalue weighted by molar-refractivity contribution is 5.78. The van der Waals surface area contributed by atoms with E-state index in [0.29, 0.717) is 18.1 Å². The second kappa shape index (κ2) is 9.05. The van der Waals surface area contributed by atoms with Crippen molar-refractivity contribution in [3.05, 3.63) is 0 Å². The van der Waals surface area contributed by atoms with Gasteiger partial charge in [0.1, 0.15) is 0 Å². The van der Waals surface area contributed by atoms with Crippen LogP contribution in [0.2, 0.25) is 0 Å². The average molecular weight is 417 g/mol. The zero-order valence-corrected chi connectivity index (χ0v) is 18.5. The minimum absolute atomic E-state index is 0.117. The van der Waals surface area contributed by atoms with E-state index in [4.69, 9.17) is 4.74 Å².